The van der Waals surface area contributed by atoms with Crippen molar-refractivity contribution in [2.24, 2.45) is 0 Å². The third kappa shape index (κ3) is 2.85. The van der Waals surface area contributed by atoms with Crippen molar-refractivity contribution in [3.05, 3.63) is 64.8 Å². The highest BCUT2D eigenvalue weighted by Crippen LogP contribution is 2.39. The zero-order valence-corrected chi connectivity index (χ0v) is 10.4. The molecule has 0 N–H and O–H groups in total. The van der Waals surface area contributed by atoms with Gasteiger partial charge in [-0.05, 0) is 23.3 Å². The standard InChI is InChI=1S/C15H6F4N2/c1-21-14-5-3-10(7-12(14)15(17,18)19)9-2-4-13(16)11(6-9)8-20/h2-7H. The minimum Gasteiger partial charge on any atom is -0.238 e. The normalized spacial score (nSPS) is 10.8. The number of nitrogens with zero attached hydrogens (tertiary/aromatic N) is 2. The predicted octanol–water partition coefficient (Wildman–Crippen LogP) is 4.93. The molecule has 104 valence electrons. The van der Waals surface area contributed by atoms with Crippen LogP contribution in [0, 0.1) is 23.7 Å². The third-order valence-corrected chi connectivity index (χ3v) is 2.84. The van der Waals surface area contributed by atoms with Gasteiger partial charge in [-0.3, -0.25) is 0 Å². The van der Waals surface area contributed by atoms with Gasteiger partial charge in [-0.25, -0.2) is 9.24 Å². The van der Waals surface area contributed by atoms with E-state index in [1.165, 1.54) is 18.2 Å². The van der Waals surface area contributed by atoms with Crippen molar-refractivity contribution < 1.29 is 17.6 Å². The smallest absolute Gasteiger partial charge is 0.238 e. The van der Waals surface area contributed by atoms with Crippen LogP contribution in [0.1, 0.15) is 11.1 Å². The maximum atomic E-state index is 13.2. The van der Waals surface area contributed by atoms with Crippen LogP contribution in [0.2, 0.25) is 0 Å². The molecular formula is C15H6F4N2. The Hall–Kier alpha value is -2.86. The lowest BCUT2D eigenvalue weighted by atomic mass is 10.00. The summed E-state index contributed by atoms with van der Waals surface area (Å²) in [4.78, 5) is 2.84. The van der Waals surface area contributed by atoms with Crippen LogP contribution in [0.15, 0.2) is 36.4 Å². The zero-order valence-electron chi connectivity index (χ0n) is 10.4. The highest BCUT2D eigenvalue weighted by molar-refractivity contribution is 5.70. The Labute approximate surface area is 117 Å². The highest BCUT2D eigenvalue weighted by Gasteiger charge is 2.33. The molecule has 0 saturated carbocycles. The fraction of sp³-hybridized carbons (Fsp3) is 0.0667. The predicted molar refractivity (Wildman–Crippen MR) is 67.8 cm³/mol. The number of nitriles is 1. The molecule has 2 aromatic rings. The van der Waals surface area contributed by atoms with E-state index >= 15 is 0 Å². The van der Waals surface area contributed by atoms with Gasteiger partial charge in [0, 0.05) is 0 Å². The van der Waals surface area contributed by atoms with Gasteiger partial charge in [0.2, 0.25) is 0 Å². The molecular weight excluding hydrogens is 284 g/mol. The van der Waals surface area contributed by atoms with E-state index in [4.69, 9.17) is 11.8 Å². The molecule has 0 saturated heterocycles. The molecule has 0 aromatic heterocycles. The monoisotopic (exact) mass is 290 g/mol. The molecule has 0 aliphatic heterocycles. The molecule has 0 heterocycles. The first-order valence-corrected chi connectivity index (χ1v) is 5.65. The Kier molecular flexibility index (Phi) is 3.64. The van der Waals surface area contributed by atoms with Gasteiger partial charge in [-0.2, -0.15) is 18.4 Å². The molecule has 0 amide bonds. The number of benzene rings is 2. The van der Waals surface area contributed by atoms with Crippen LogP contribution in [0.4, 0.5) is 23.2 Å². The van der Waals surface area contributed by atoms with Crippen LogP contribution in [-0.4, -0.2) is 0 Å². The van der Waals surface area contributed by atoms with Crippen molar-refractivity contribution in [1.29, 1.82) is 5.26 Å². The summed E-state index contributed by atoms with van der Waals surface area (Å²) in [5.74, 6) is -0.741. The lowest BCUT2D eigenvalue weighted by molar-refractivity contribution is -0.136. The topological polar surface area (TPSA) is 28.1 Å². The molecule has 0 aliphatic carbocycles. The molecule has 2 aromatic carbocycles. The van der Waals surface area contributed by atoms with Crippen molar-refractivity contribution in [2.45, 2.75) is 6.18 Å². The van der Waals surface area contributed by atoms with Crippen LogP contribution in [-0.2, 0) is 6.18 Å². The number of rotatable bonds is 1. The average Bonchev–Trinajstić information content (AvgIpc) is 2.46. The second-order valence-corrected chi connectivity index (χ2v) is 4.15. The van der Waals surface area contributed by atoms with Crippen LogP contribution in [0.25, 0.3) is 16.0 Å². The fourth-order valence-electron chi connectivity index (χ4n) is 1.83. The van der Waals surface area contributed by atoms with Crippen molar-refractivity contribution >= 4 is 5.69 Å². The van der Waals surface area contributed by atoms with E-state index in [9.17, 15) is 17.6 Å². The number of alkyl halides is 3. The van der Waals surface area contributed by atoms with Gasteiger partial charge in [0.25, 0.3) is 0 Å². The lowest BCUT2D eigenvalue weighted by Crippen LogP contribution is -2.05. The molecule has 6 heteroatoms. The largest absolute Gasteiger partial charge is 0.407 e. The second-order valence-electron chi connectivity index (χ2n) is 4.15. The summed E-state index contributed by atoms with van der Waals surface area (Å²) in [6.45, 7) is 6.76. The lowest BCUT2D eigenvalue weighted by Gasteiger charge is -2.11. The van der Waals surface area contributed by atoms with Crippen molar-refractivity contribution in [1.82, 2.24) is 0 Å². The van der Waals surface area contributed by atoms with E-state index in [0.29, 0.717) is 0 Å². The summed E-state index contributed by atoms with van der Waals surface area (Å²) >= 11 is 0. The molecule has 21 heavy (non-hydrogen) atoms. The average molecular weight is 290 g/mol. The number of hydrogen-bond donors (Lipinski definition) is 0. The minimum atomic E-state index is -4.66. The molecule has 2 nitrogen and oxygen atoms in total. The third-order valence-electron chi connectivity index (χ3n) is 2.84. The summed E-state index contributed by atoms with van der Waals surface area (Å²) in [5.41, 5.74) is -1.39. The molecule has 0 radical (unpaired) electrons. The van der Waals surface area contributed by atoms with Gasteiger partial charge in [0.1, 0.15) is 11.9 Å². The Bertz CT molecular complexity index is 780. The van der Waals surface area contributed by atoms with Gasteiger partial charge < -0.3 is 0 Å². The first-order valence-electron chi connectivity index (χ1n) is 5.65. The summed E-state index contributed by atoms with van der Waals surface area (Å²) in [6.07, 6.45) is -4.66. The molecule has 0 spiro atoms. The molecule has 0 fully saturated rings. The quantitative estimate of drug-likeness (QED) is 0.540. The molecule has 0 aliphatic rings. The van der Waals surface area contributed by atoms with Crippen LogP contribution >= 0.6 is 0 Å². The second kappa shape index (κ2) is 5.26. The van der Waals surface area contributed by atoms with Crippen molar-refractivity contribution in [3.8, 4) is 17.2 Å². The summed E-state index contributed by atoms with van der Waals surface area (Å²) < 4.78 is 51.9. The molecule has 0 bridgehead atoms. The van der Waals surface area contributed by atoms with E-state index in [2.05, 4.69) is 4.85 Å². The van der Waals surface area contributed by atoms with Gasteiger partial charge in [-0.15, -0.1) is 0 Å². The van der Waals surface area contributed by atoms with Crippen LogP contribution in [0.3, 0.4) is 0 Å². The maximum Gasteiger partial charge on any atom is 0.407 e. The number of hydrogen-bond acceptors (Lipinski definition) is 1. The first kappa shape index (κ1) is 14.5. The van der Waals surface area contributed by atoms with Gasteiger partial charge in [-0.1, -0.05) is 24.3 Å². The maximum absolute atomic E-state index is 13.2. The highest BCUT2D eigenvalue weighted by atomic mass is 19.4. The van der Waals surface area contributed by atoms with Gasteiger partial charge >= 0.3 is 6.18 Å². The summed E-state index contributed by atoms with van der Waals surface area (Å²) in [5, 5.41) is 8.75. The summed E-state index contributed by atoms with van der Waals surface area (Å²) in [7, 11) is 0. The van der Waals surface area contributed by atoms with Crippen LogP contribution < -0.4 is 0 Å². The number of halogens is 4. The Morgan fingerprint density at radius 1 is 1.05 bits per heavy atom. The van der Waals surface area contributed by atoms with Gasteiger partial charge in [0.15, 0.2) is 5.69 Å². The van der Waals surface area contributed by atoms with Gasteiger partial charge in [0.05, 0.1) is 17.7 Å². The summed E-state index contributed by atoms with van der Waals surface area (Å²) in [6, 6.07) is 8.30. The van der Waals surface area contributed by atoms with E-state index < -0.39 is 23.2 Å². The molecule has 0 atom stereocenters. The Morgan fingerprint density at radius 2 is 1.67 bits per heavy atom. The zero-order chi connectivity index (χ0) is 15.6. The van der Waals surface area contributed by atoms with Crippen molar-refractivity contribution in [3.63, 3.8) is 0 Å². The van der Waals surface area contributed by atoms with E-state index in [0.717, 1.165) is 18.2 Å². The van der Waals surface area contributed by atoms with E-state index in [1.54, 1.807) is 6.07 Å². The minimum absolute atomic E-state index is 0.159. The Balaban J connectivity index is 2.62. The molecule has 0 unspecified atom stereocenters. The SMILES string of the molecule is [C-]#[N+]c1ccc(-c2ccc(F)c(C#N)c2)cc1C(F)(F)F. The van der Waals surface area contributed by atoms with Crippen molar-refractivity contribution in [2.75, 3.05) is 0 Å². The first-order chi connectivity index (χ1) is 9.86. The van der Waals surface area contributed by atoms with Crippen LogP contribution in [0.5, 0.6) is 0 Å². The Morgan fingerprint density at radius 3 is 2.24 bits per heavy atom. The fourth-order valence-corrected chi connectivity index (χ4v) is 1.83. The van der Waals surface area contributed by atoms with E-state index in [-0.39, 0.29) is 16.7 Å². The molecule has 2 rings (SSSR count). The van der Waals surface area contributed by atoms with E-state index in [1.807, 2.05) is 0 Å².